The molecule has 3 atom stereocenters. The lowest BCUT2D eigenvalue weighted by Gasteiger charge is -2.28. The number of hydrogen-bond acceptors (Lipinski definition) is 5. The van der Waals surface area contributed by atoms with E-state index in [1.165, 1.54) is 11.8 Å². The molecule has 2 aliphatic heterocycles. The molecule has 2 fully saturated rings. The molecule has 0 radical (unpaired) electrons. The summed E-state index contributed by atoms with van der Waals surface area (Å²) in [5, 5.41) is 18.4. The fraction of sp³-hybridized carbons (Fsp3) is 0.286. The lowest BCUT2D eigenvalue weighted by Crippen LogP contribution is -2.48. The maximum Gasteiger partial charge on any atom is 0.405 e. The number of carboxylic acid groups (broad SMARTS) is 1. The van der Waals surface area contributed by atoms with Gasteiger partial charge in [-0.3, -0.25) is 19.2 Å². The van der Waals surface area contributed by atoms with Gasteiger partial charge in [-0.1, -0.05) is 42.5 Å². The number of aromatic nitrogens is 1. The Morgan fingerprint density at radius 2 is 1.40 bits per heavy atom. The van der Waals surface area contributed by atoms with Crippen molar-refractivity contribution in [2.24, 2.45) is 0 Å². The van der Waals surface area contributed by atoms with Crippen molar-refractivity contribution in [1.29, 1.82) is 0 Å². The van der Waals surface area contributed by atoms with Gasteiger partial charge < -0.3 is 35.8 Å². The Hall–Kier alpha value is -5.65. The van der Waals surface area contributed by atoms with E-state index in [4.69, 9.17) is 0 Å². The lowest BCUT2D eigenvalue weighted by molar-refractivity contribution is -0.138. The van der Waals surface area contributed by atoms with Gasteiger partial charge in [-0.25, -0.2) is 4.79 Å². The summed E-state index contributed by atoms with van der Waals surface area (Å²) in [5.41, 5.74) is 4.34. The van der Waals surface area contributed by atoms with Crippen LogP contribution in [-0.2, 0) is 19.2 Å². The van der Waals surface area contributed by atoms with Crippen LogP contribution in [0.15, 0.2) is 78.9 Å². The van der Waals surface area contributed by atoms with Crippen molar-refractivity contribution in [3.63, 3.8) is 0 Å². The molecule has 0 aliphatic carbocycles. The minimum Gasteiger partial charge on any atom is -0.465 e. The molecule has 2 saturated heterocycles. The first-order valence-electron chi connectivity index (χ1n) is 15.6. The Morgan fingerprint density at radius 3 is 2.06 bits per heavy atom. The molecule has 12 nitrogen and oxygen atoms in total. The van der Waals surface area contributed by atoms with Gasteiger partial charge in [-0.15, -0.1) is 0 Å². The number of anilines is 2. The van der Waals surface area contributed by atoms with Crippen LogP contribution in [0.2, 0.25) is 0 Å². The minimum atomic E-state index is -1.32. The number of nitrogens with zero attached hydrogens (tertiary/aromatic N) is 2. The standard InChI is InChI=1S/C35H36N6O6/c1-21(42)40-17-5-9-29(40)32(43)37-26-15-16-27-24(19-26)20-28(38-27)22-11-13-25(14-12-22)36-33(44)30-10-6-18-41(30)34(45)31(39-35(46)47)23-7-3-2-4-8-23/h2-4,7-8,11-16,19-20,29-31,38-39H,5-6,9-10,17-18H2,1H3,(H,36,44)(H,37,43)(H,46,47)/t29-,30-,31+/m0/s1. The predicted molar refractivity (Wildman–Crippen MR) is 176 cm³/mol. The summed E-state index contributed by atoms with van der Waals surface area (Å²) in [7, 11) is 0. The molecule has 3 aromatic carbocycles. The van der Waals surface area contributed by atoms with E-state index >= 15 is 0 Å². The normalized spacial score (nSPS) is 18.1. The first-order chi connectivity index (χ1) is 22.7. The molecule has 4 aromatic rings. The molecule has 12 heteroatoms. The third-order valence-electron chi connectivity index (χ3n) is 8.80. The summed E-state index contributed by atoms with van der Waals surface area (Å²) >= 11 is 0. The largest absolute Gasteiger partial charge is 0.465 e. The average Bonchev–Trinajstić information content (AvgIpc) is 3.84. The molecule has 0 saturated carbocycles. The van der Waals surface area contributed by atoms with Crippen molar-refractivity contribution in [2.45, 2.75) is 50.7 Å². The van der Waals surface area contributed by atoms with Crippen LogP contribution in [0.1, 0.15) is 44.2 Å². The Balaban J connectivity index is 1.11. The quantitative estimate of drug-likeness (QED) is 0.188. The van der Waals surface area contributed by atoms with E-state index in [1.807, 2.05) is 36.4 Å². The number of amides is 5. The number of hydrogen-bond donors (Lipinski definition) is 5. The predicted octanol–water partition coefficient (Wildman–Crippen LogP) is 4.72. The summed E-state index contributed by atoms with van der Waals surface area (Å²) in [6, 6.07) is 21.2. The number of H-pyrrole nitrogens is 1. The van der Waals surface area contributed by atoms with Gasteiger partial charge in [0.05, 0.1) is 0 Å². The molecule has 5 amide bonds. The maximum atomic E-state index is 13.5. The Morgan fingerprint density at radius 1 is 0.787 bits per heavy atom. The summed E-state index contributed by atoms with van der Waals surface area (Å²) in [6.07, 6.45) is 1.23. The van der Waals surface area contributed by atoms with Gasteiger partial charge in [0.15, 0.2) is 0 Å². The van der Waals surface area contributed by atoms with Gasteiger partial charge in [-0.05, 0) is 73.2 Å². The van der Waals surface area contributed by atoms with Crippen LogP contribution in [0.3, 0.4) is 0 Å². The van der Waals surface area contributed by atoms with Crippen LogP contribution in [-0.4, -0.2) is 74.8 Å². The summed E-state index contributed by atoms with van der Waals surface area (Å²) < 4.78 is 0. The fourth-order valence-corrected chi connectivity index (χ4v) is 6.49. The van der Waals surface area contributed by atoms with Crippen molar-refractivity contribution in [3.05, 3.63) is 84.4 Å². The number of likely N-dealkylation sites (tertiary alicyclic amines) is 2. The maximum absolute atomic E-state index is 13.5. The lowest BCUT2D eigenvalue weighted by atomic mass is 10.0. The smallest absolute Gasteiger partial charge is 0.405 e. The zero-order valence-electron chi connectivity index (χ0n) is 25.9. The second-order valence-corrected chi connectivity index (χ2v) is 11.9. The molecule has 5 N–H and O–H groups in total. The number of nitrogens with one attached hydrogen (secondary N) is 4. The van der Waals surface area contributed by atoms with Crippen molar-refractivity contribution >= 4 is 52.0 Å². The highest BCUT2D eigenvalue weighted by Gasteiger charge is 2.38. The average molecular weight is 637 g/mol. The fourth-order valence-electron chi connectivity index (χ4n) is 6.49. The third-order valence-corrected chi connectivity index (χ3v) is 8.80. The zero-order valence-corrected chi connectivity index (χ0v) is 25.9. The number of carbonyl (C=O) groups is 5. The van der Waals surface area contributed by atoms with Crippen LogP contribution in [0.25, 0.3) is 22.2 Å². The molecule has 0 spiro atoms. The van der Waals surface area contributed by atoms with E-state index in [1.54, 1.807) is 47.4 Å². The monoisotopic (exact) mass is 636 g/mol. The number of aromatic amines is 1. The summed E-state index contributed by atoms with van der Waals surface area (Å²) in [5.74, 6) is -1.10. The third kappa shape index (κ3) is 6.81. The molecule has 6 rings (SSSR count). The first kappa shape index (κ1) is 31.3. The van der Waals surface area contributed by atoms with Crippen molar-refractivity contribution in [3.8, 4) is 11.3 Å². The van der Waals surface area contributed by atoms with Crippen molar-refractivity contribution in [1.82, 2.24) is 20.1 Å². The van der Waals surface area contributed by atoms with Gasteiger partial charge in [0.25, 0.3) is 5.91 Å². The SMILES string of the molecule is CC(=O)N1CCC[C@H]1C(=O)Nc1ccc2[nH]c(-c3ccc(NC(=O)[C@@H]4CCCN4C(=O)[C@H](NC(=O)O)c4ccccc4)cc3)cc2c1. The Labute approximate surface area is 271 Å². The Kier molecular flexibility index (Phi) is 8.92. The zero-order chi connectivity index (χ0) is 33.1. The minimum absolute atomic E-state index is 0.0999. The highest BCUT2D eigenvalue weighted by Crippen LogP contribution is 2.29. The van der Waals surface area contributed by atoms with Crippen LogP contribution in [0.4, 0.5) is 16.2 Å². The summed E-state index contributed by atoms with van der Waals surface area (Å²) in [4.78, 5) is 69.5. The number of rotatable bonds is 8. The van der Waals surface area contributed by atoms with Crippen LogP contribution in [0.5, 0.6) is 0 Å². The molecule has 3 heterocycles. The number of fused-ring (bicyclic) bond motifs is 1. The molecule has 1 aromatic heterocycles. The van der Waals surface area contributed by atoms with Gasteiger partial charge in [0.2, 0.25) is 17.7 Å². The molecular weight excluding hydrogens is 600 g/mol. The van der Waals surface area contributed by atoms with Gasteiger partial charge in [0.1, 0.15) is 18.1 Å². The van der Waals surface area contributed by atoms with E-state index in [-0.39, 0.29) is 17.7 Å². The van der Waals surface area contributed by atoms with Crippen LogP contribution in [0, 0.1) is 0 Å². The molecule has 0 bridgehead atoms. The second kappa shape index (κ2) is 13.4. The van der Waals surface area contributed by atoms with E-state index in [9.17, 15) is 29.1 Å². The number of carbonyl (C=O) groups excluding carboxylic acids is 4. The van der Waals surface area contributed by atoms with Gasteiger partial charge in [0, 0.05) is 48.0 Å². The van der Waals surface area contributed by atoms with Crippen LogP contribution >= 0.6 is 0 Å². The van der Waals surface area contributed by atoms with E-state index < -0.39 is 30.1 Å². The highest BCUT2D eigenvalue weighted by atomic mass is 16.4. The van der Waals surface area contributed by atoms with Crippen molar-refractivity contribution < 1.29 is 29.1 Å². The first-order valence-corrected chi connectivity index (χ1v) is 15.6. The molecule has 0 unspecified atom stereocenters. The van der Waals surface area contributed by atoms with E-state index in [0.717, 1.165) is 28.6 Å². The van der Waals surface area contributed by atoms with Crippen LogP contribution < -0.4 is 16.0 Å². The topological polar surface area (TPSA) is 164 Å². The molecule has 2 aliphatic rings. The van der Waals surface area contributed by atoms with Crippen molar-refractivity contribution in [2.75, 3.05) is 23.7 Å². The molecule has 47 heavy (non-hydrogen) atoms. The van der Waals surface area contributed by atoms with E-state index in [2.05, 4.69) is 20.9 Å². The number of benzene rings is 3. The Bertz CT molecular complexity index is 1820. The molecular formula is C35H36N6O6. The molecule has 242 valence electrons. The highest BCUT2D eigenvalue weighted by molar-refractivity contribution is 6.00. The van der Waals surface area contributed by atoms with Gasteiger partial charge in [-0.2, -0.15) is 0 Å². The van der Waals surface area contributed by atoms with E-state index in [0.29, 0.717) is 49.3 Å². The van der Waals surface area contributed by atoms with Gasteiger partial charge >= 0.3 is 6.09 Å². The summed E-state index contributed by atoms with van der Waals surface area (Å²) in [6.45, 7) is 2.43. The second-order valence-electron chi connectivity index (χ2n) is 11.9.